The van der Waals surface area contributed by atoms with Crippen LogP contribution in [0.1, 0.15) is 18.9 Å². The molecule has 2 N–H and O–H groups in total. The van der Waals surface area contributed by atoms with Crippen LogP contribution in [0.2, 0.25) is 0 Å². The molecule has 0 spiro atoms. The van der Waals surface area contributed by atoms with Gasteiger partial charge in [0, 0.05) is 19.5 Å². The number of amides is 2. The fraction of sp³-hybridized carbons (Fsp3) is 0.385. The number of alkyl carbamates (subject to hydrolysis) is 1. The molecule has 0 unspecified atom stereocenters. The van der Waals surface area contributed by atoms with Crippen molar-refractivity contribution in [3.8, 4) is 0 Å². The van der Waals surface area contributed by atoms with E-state index >= 15 is 0 Å². The molecule has 0 atom stereocenters. The Morgan fingerprint density at radius 2 is 2.00 bits per heavy atom. The van der Waals surface area contributed by atoms with E-state index in [4.69, 9.17) is 9.94 Å². The Balaban J connectivity index is 2.17. The summed E-state index contributed by atoms with van der Waals surface area (Å²) in [5, 5.41) is 12.1. The quantitative estimate of drug-likeness (QED) is 0.604. The van der Waals surface area contributed by atoms with Gasteiger partial charge in [-0.1, -0.05) is 30.3 Å². The van der Waals surface area contributed by atoms with Gasteiger partial charge in [0.15, 0.2) is 0 Å². The van der Waals surface area contributed by atoms with Gasteiger partial charge in [0.25, 0.3) is 0 Å². The van der Waals surface area contributed by atoms with Gasteiger partial charge in [0.1, 0.15) is 6.61 Å². The van der Waals surface area contributed by atoms with Crippen molar-refractivity contribution in [2.75, 3.05) is 13.1 Å². The molecule has 0 radical (unpaired) electrons. The lowest BCUT2D eigenvalue weighted by Gasteiger charge is -2.12. The van der Waals surface area contributed by atoms with Gasteiger partial charge < -0.3 is 10.1 Å². The van der Waals surface area contributed by atoms with Crippen LogP contribution in [-0.2, 0) is 16.1 Å². The van der Waals surface area contributed by atoms with Crippen LogP contribution in [0.5, 0.6) is 0 Å². The van der Waals surface area contributed by atoms with E-state index in [2.05, 4.69) is 5.32 Å². The summed E-state index contributed by atoms with van der Waals surface area (Å²) in [4.78, 5) is 22.5. The molecule has 1 aromatic rings. The largest absolute Gasteiger partial charge is 0.445 e. The van der Waals surface area contributed by atoms with Crippen molar-refractivity contribution in [2.24, 2.45) is 0 Å². The standard InChI is InChI=1S/C13H18N2O4/c1-2-15(18)12(16)8-9-14-13(17)19-10-11-6-4-3-5-7-11/h3-7,18H,2,8-10H2,1H3,(H,14,17). The van der Waals surface area contributed by atoms with Crippen molar-refractivity contribution < 1.29 is 19.5 Å². The van der Waals surface area contributed by atoms with Gasteiger partial charge in [0.2, 0.25) is 5.91 Å². The molecule has 1 rings (SSSR count). The monoisotopic (exact) mass is 266 g/mol. The molecule has 6 heteroatoms. The van der Waals surface area contributed by atoms with Gasteiger partial charge in [-0.05, 0) is 12.5 Å². The summed E-state index contributed by atoms with van der Waals surface area (Å²) in [7, 11) is 0. The highest BCUT2D eigenvalue weighted by Crippen LogP contribution is 2.00. The maximum atomic E-state index is 11.3. The van der Waals surface area contributed by atoms with Crippen molar-refractivity contribution in [3.63, 3.8) is 0 Å². The summed E-state index contributed by atoms with van der Waals surface area (Å²) in [6.07, 6.45) is -0.553. The molecule has 0 saturated carbocycles. The van der Waals surface area contributed by atoms with Gasteiger partial charge in [0.05, 0.1) is 0 Å². The van der Waals surface area contributed by atoms with Gasteiger partial charge in [-0.3, -0.25) is 10.0 Å². The van der Waals surface area contributed by atoms with E-state index in [0.29, 0.717) is 5.06 Å². The smallest absolute Gasteiger partial charge is 0.407 e. The SMILES string of the molecule is CCN(O)C(=O)CCNC(=O)OCc1ccccc1. The molecular weight excluding hydrogens is 248 g/mol. The van der Waals surface area contributed by atoms with Crippen LogP contribution in [-0.4, -0.2) is 35.4 Å². The third-order valence-corrected chi connectivity index (χ3v) is 2.41. The number of carbonyl (C=O) groups excluding carboxylic acids is 2. The first kappa shape index (κ1) is 15.0. The second-order valence-electron chi connectivity index (χ2n) is 3.85. The van der Waals surface area contributed by atoms with Crippen molar-refractivity contribution >= 4 is 12.0 Å². The maximum absolute atomic E-state index is 11.3. The lowest BCUT2D eigenvalue weighted by Crippen LogP contribution is -2.32. The summed E-state index contributed by atoms with van der Waals surface area (Å²) >= 11 is 0. The molecular formula is C13H18N2O4. The van der Waals surface area contributed by atoms with E-state index in [-0.39, 0.29) is 26.1 Å². The molecule has 6 nitrogen and oxygen atoms in total. The van der Waals surface area contributed by atoms with Gasteiger partial charge in [-0.2, -0.15) is 0 Å². The number of nitrogens with zero attached hydrogens (tertiary/aromatic N) is 1. The zero-order chi connectivity index (χ0) is 14.1. The van der Waals surface area contributed by atoms with Gasteiger partial charge in [-0.15, -0.1) is 0 Å². The molecule has 2 amide bonds. The number of ether oxygens (including phenoxy) is 1. The first-order valence-corrected chi connectivity index (χ1v) is 6.07. The lowest BCUT2D eigenvalue weighted by atomic mass is 10.2. The van der Waals surface area contributed by atoms with Crippen LogP contribution in [0.3, 0.4) is 0 Å². The van der Waals surface area contributed by atoms with E-state index in [9.17, 15) is 9.59 Å². The van der Waals surface area contributed by atoms with Crippen molar-refractivity contribution in [3.05, 3.63) is 35.9 Å². The molecule has 0 aliphatic heterocycles. The zero-order valence-corrected chi connectivity index (χ0v) is 10.8. The molecule has 1 aromatic carbocycles. The van der Waals surface area contributed by atoms with E-state index in [1.807, 2.05) is 30.3 Å². The van der Waals surface area contributed by atoms with Crippen molar-refractivity contribution in [1.29, 1.82) is 0 Å². The predicted molar refractivity (Wildman–Crippen MR) is 68.4 cm³/mol. The summed E-state index contributed by atoms with van der Waals surface area (Å²) < 4.78 is 4.96. The third kappa shape index (κ3) is 5.87. The average Bonchev–Trinajstić information content (AvgIpc) is 2.45. The van der Waals surface area contributed by atoms with Crippen LogP contribution < -0.4 is 5.32 Å². The predicted octanol–water partition coefficient (Wildman–Crippen LogP) is 1.54. The molecule has 0 bridgehead atoms. The molecule has 104 valence electrons. The van der Waals surface area contributed by atoms with Crippen LogP contribution in [0.15, 0.2) is 30.3 Å². The first-order valence-electron chi connectivity index (χ1n) is 6.07. The highest BCUT2D eigenvalue weighted by atomic mass is 16.5. The second kappa shape index (κ2) is 8.10. The lowest BCUT2D eigenvalue weighted by molar-refractivity contribution is -0.164. The molecule has 0 aromatic heterocycles. The Bertz CT molecular complexity index is 408. The van der Waals surface area contributed by atoms with Crippen LogP contribution in [0, 0.1) is 0 Å². The number of carbonyl (C=O) groups is 2. The topological polar surface area (TPSA) is 78.9 Å². The van der Waals surface area contributed by atoms with E-state index in [0.717, 1.165) is 5.56 Å². The Morgan fingerprint density at radius 3 is 2.63 bits per heavy atom. The normalized spacial score (nSPS) is 9.79. The Kier molecular flexibility index (Phi) is 6.38. The van der Waals surface area contributed by atoms with Crippen molar-refractivity contribution in [2.45, 2.75) is 20.0 Å². The minimum Gasteiger partial charge on any atom is -0.445 e. The van der Waals surface area contributed by atoms with E-state index in [1.54, 1.807) is 6.92 Å². The highest BCUT2D eigenvalue weighted by Gasteiger charge is 2.09. The third-order valence-electron chi connectivity index (χ3n) is 2.41. The molecule has 0 saturated heterocycles. The summed E-state index contributed by atoms with van der Waals surface area (Å²) in [5.41, 5.74) is 0.890. The number of hydrogen-bond donors (Lipinski definition) is 2. The molecule has 19 heavy (non-hydrogen) atoms. The summed E-state index contributed by atoms with van der Waals surface area (Å²) in [6.45, 7) is 2.18. The van der Waals surface area contributed by atoms with Crippen LogP contribution in [0.25, 0.3) is 0 Å². The fourth-order valence-corrected chi connectivity index (χ4v) is 1.35. The average molecular weight is 266 g/mol. The number of benzene rings is 1. The Morgan fingerprint density at radius 1 is 1.32 bits per heavy atom. The Hall–Kier alpha value is -2.08. The van der Waals surface area contributed by atoms with E-state index < -0.39 is 12.0 Å². The maximum Gasteiger partial charge on any atom is 0.407 e. The zero-order valence-electron chi connectivity index (χ0n) is 10.8. The summed E-state index contributed by atoms with van der Waals surface area (Å²) in [6, 6.07) is 9.29. The first-order chi connectivity index (χ1) is 9.13. The minimum absolute atomic E-state index is 0.0325. The number of hydrogen-bond acceptors (Lipinski definition) is 4. The number of hydroxylamine groups is 2. The molecule has 0 fully saturated rings. The van der Waals surface area contributed by atoms with Crippen LogP contribution in [0.4, 0.5) is 4.79 Å². The summed E-state index contributed by atoms with van der Waals surface area (Å²) in [5.74, 6) is -0.439. The highest BCUT2D eigenvalue weighted by molar-refractivity contribution is 5.76. The number of nitrogens with one attached hydrogen (secondary N) is 1. The van der Waals surface area contributed by atoms with Gasteiger partial charge >= 0.3 is 6.09 Å². The van der Waals surface area contributed by atoms with Crippen molar-refractivity contribution in [1.82, 2.24) is 10.4 Å². The molecule has 0 aliphatic rings. The Labute approximate surface area is 111 Å². The second-order valence-corrected chi connectivity index (χ2v) is 3.85. The minimum atomic E-state index is -0.586. The van der Waals surface area contributed by atoms with Crippen LogP contribution >= 0.6 is 0 Å². The van der Waals surface area contributed by atoms with Gasteiger partial charge in [-0.25, -0.2) is 9.86 Å². The molecule has 0 aliphatic carbocycles. The van der Waals surface area contributed by atoms with E-state index in [1.165, 1.54) is 0 Å². The fourth-order valence-electron chi connectivity index (χ4n) is 1.35. The molecule has 0 heterocycles. The number of rotatable bonds is 6.